The third-order valence-corrected chi connectivity index (χ3v) is 2.76. The average molecular weight is 221 g/mol. The van der Waals surface area contributed by atoms with Crippen molar-refractivity contribution in [1.82, 2.24) is 0 Å². The molecule has 1 aliphatic heterocycles. The van der Waals surface area contributed by atoms with Gasteiger partial charge in [-0.15, -0.1) is 0 Å². The fourth-order valence-electron chi connectivity index (χ4n) is 1.96. The third kappa shape index (κ3) is 1.88. The van der Waals surface area contributed by atoms with Gasteiger partial charge in [0.05, 0.1) is 13.5 Å². The van der Waals surface area contributed by atoms with Crippen molar-refractivity contribution in [3.8, 4) is 5.75 Å². The van der Waals surface area contributed by atoms with Gasteiger partial charge in [-0.3, -0.25) is 4.79 Å². The number of benzene rings is 1. The summed E-state index contributed by atoms with van der Waals surface area (Å²) >= 11 is 0. The number of hydrogen-bond acceptors (Lipinski definition) is 3. The van der Waals surface area contributed by atoms with E-state index in [0.717, 1.165) is 17.0 Å². The van der Waals surface area contributed by atoms with Crippen LogP contribution in [0.4, 0.5) is 5.69 Å². The third-order valence-electron chi connectivity index (χ3n) is 2.76. The van der Waals surface area contributed by atoms with Crippen LogP contribution in [0.25, 0.3) is 0 Å². The number of ether oxygens (including phenoxy) is 1. The maximum absolute atomic E-state index is 11.7. The van der Waals surface area contributed by atoms with Gasteiger partial charge in [0.1, 0.15) is 5.75 Å². The molecular formula is C12H15NO3. The highest BCUT2D eigenvalue weighted by Gasteiger charge is 2.26. The lowest BCUT2D eigenvalue weighted by atomic mass is 10.1. The van der Waals surface area contributed by atoms with E-state index in [2.05, 4.69) is 0 Å². The molecule has 86 valence electrons. The highest BCUT2D eigenvalue weighted by Crippen LogP contribution is 2.31. The predicted octanol–water partition coefficient (Wildman–Crippen LogP) is 0.967. The van der Waals surface area contributed by atoms with E-state index < -0.39 is 0 Å². The fraction of sp³-hybridized carbons (Fsp3) is 0.417. The van der Waals surface area contributed by atoms with Crippen LogP contribution in [0.15, 0.2) is 18.2 Å². The van der Waals surface area contributed by atoms with Crippen molar-refractivity contribution >= 4 is 11.6 Å². The molecule has 4 heteroatoms. The van der Waals surface area contributed by atoms with E-state index in [1.807, 2.05) is 18.2 Å². The largest absolute Gasteiger partial charge is 0.497 e. The first-order valence-corrected chi connectivity index (χ1v) is 5.34. The Morgan fingerprint density at radius 2 is 2.31 bits per heavy atom. The van der Waals surface area contributed by atoms with Gasteiger partial charge in [0, 0.05) is 18.8 Å². The van der Waals surface area contributed by atoms with Crippen molar-refractivity contribution < 1.29 is 14.6 Å². The van der Waals surface area contributed by atoms with Crippen LogP contribution in [0.3, 0.4) is 0 Å². The molecule has 1 aliphatic rings. The SMILES string of the molecule is COc1ccc2c(c1)CC(=O)N2CCCO. The number of nitrogens with zero attached hydrogens (tertiary/aromatic N) is 1. The van der Waals surface area contributed by atoms with Crippen LogP contribution >= 0.6 is 0 Å². The second-order valence-electron chi connectivity index (χ2n) is 3.79. The van der Waals surface area contributed by atoms with Crippen LogP contribution in [0.2, 0.25) is 0 Å². The van der Waals surface area contributed by atoms with Crippen molar-refractivity contribution in [3.63, 3.8) is 0 Å². The summed E-state index contributed by atoms with van der Waals surface area (Å²) in [6, 6.07) is 5.64. The Morgan fingerprint density at radius 1 is 1.50 bits per heavy atom. The van der Waals surface area contributed by atoms with E-state index in [1.54, 1.807) is 12.0 Å². The normalized spacial score (nSPS) is 14.1. The van der Waals surface area contributed by atoms with Crippen molar-refractivity contribution in [2.45, 2.75) is 12.8 Å². The van der Waals surface area contributed by atoms with Crippen LogP contribution in [0, 0.1) is 0 Å². The number of rotatable bonds is 4. The first-order chi connectivity index (χ1) is 7.76. The summed E-state index contributed by atoms with van der Waals surface area (Å²) in [6.45, 7) is 0.684. The van der Waals surface area contributed by atoms with Gasteiger partial charge < -0.3 is 14.7 Å². The summed E-state index contributed by atoms with van der Waals surface area (Å²) in [6.07, 6.45) is 1.04. The number of carbonyl (C=O) groups excluding carboxylic acids is 1. The second kappa shape index (κ2) is 4.53. The van der Waals surface area contributed by atoms with Crippen molar-refractivity contribution in [3.05, 3.63) is 23.8 Å². The lowest BCUT2D eigenvalue weighted by molar-refractivity contribution is -0.117. The Morgan fingerprint density at radius 3 is 3.00 bits per heavy atom. The van der Waals surface area contributed by atoms with Crippen molar-refractivity contribution in [2.24, 2.45) is 0 Å². The van der Waals surface area contributed by atoms with Gasteiger partial charge in [-0.2, -0.15) is 0 Å². The molecule has 0 aliphatic carbocycles. The first kappa shape index (κ1) is 11.0. The average Bonchev–Trinajstić information content (AvgIpc) is 2.61. The maximum atomic E-state index is 11.7. The van der Waals surface area contributed by atoms with Gasteiger partial charge in [-0.1, -0.05) is 0 Å². The van der Waals surface area contributed by atoms with Gasteiger partial charge in [-0.25, -0.2) is 0 Å². The number of carbonyl (C=O) groups is 1. The highest BCUT2D eigenvalue weighted by molar-refractivity contribution is 6.01. The number of methoxy groups -OCH3 is 1. The molecule has 0 spiro atoms. The minimum atomic E-state index is 0.0942. The Balaban J connectivity index is 2.24. The van der Waals surface area contributed by atoms with E-state index >= 15 is 0 Å². The topological polar surface area (TPSA) is 49.8 Å². The molecule has 0 saturated heterocycles. The Hall–Kier alpha value is -1.55. The fourth-order valence-corrected chi connectivity index (χ4v) is 1.96. The summed E-state index contributed by atoms with van der Waals surface area (Å²) in [4.78, 5) is 13.5. The quantitative estimate of drug-likeness (QED) is 0.824. The second-order valence-corrected chi connectivity index (χ2v) is 3.79. The van der Waals surface area contributed by atoms with E-state index in [0.29, 0.717) is 19.4 Å². The van der Waals surface area contributed by atoms with Crippen molar-refractivity contribution in [2.75, 3.05) is 25.2 Å². The van der Waals surface area contributed by atoms with E-state index in [-0.39, 0.29) is 12.5 Å². The zero-order valence-corrected chi connectivity index (χ0v) is 9.27. The first-order valence-electron chi connectivity index (χ1n) is 5.34. The Labute approximate surface area is 94.4 Å². The van der Waals surface area contributed by atoms with E-state index in [1.165, 1.54) is 0 Å². The van der Waals surface area contributed by atoms with Crippen LogP contribution in [-0.2, 0) is 11.2 Å². The standard InChI is InChI=1S/C12H15NO3/c1-16-10-3-4-11-9(7-10)8-12(15)13(11)5-2-6-14/h3-4,7,14H,2,5-6,8H2,1H3. The number of amides is 1. The molecule has 1 aromatic rings. The van der Waals surface area contributed by atoms with E-state index in [4.69, 9.17) is 9.84 Å². The van der Waals surface area contributed by atoms with E-state index in [9.17, 15) is 4.79 Å². The number of anilines is 1. The Kier molecular flexibility index (Phi) is 3.10. The summed E-state index contributed by atoms with van der Waals surface area (Å²) in [5.74, 6) is 0.868. The number of aliphatic hydroxyl groups excluding tert-OH is 1. The van der Waals surface area contributed by atoms with Crippen LogP contribution in [0.5, 0.6) is 5.75 Å². The van der Waals surface area contributed by atoms with Crippen molar-refractivity contribution in [1.29, 1.82) is 0 Å². The molecule has 0 radical (unpaired) electrons. The molecule has 1 N–H and O–H groups in total. The van der Waals surface area contributed by atoms with Gasteiger partial charge in [-0.05, 0) is 30.2 Å². The number of fused-ring (bicyclic) bond motifs is 1. The predicted molar refractivity (Wildman–Crippen MR) is 60.8 cm³/mol. The summed E-state index contributed by atoms with van der Waals surface area (Å²) < 4.78 is 5.12. The molecule has 2 rings (SSSR count). The zero-order valence-electron chi connectivity index (χ0n) is 9.27. The van der Waals surface area contributed by atoms with Gasteiger partial charge in [0.15, 0.2) is 0 Å². The molecule has 16 heavy (non-hydrogen) atoms. The smallest absolute Gasteiger partial charge is 0.231 e. The van der Waals surface area contributed by atoms with Crippen LogP contribution in [0.1, 0.15) is 12.0 Å². The zero-order chi connectivity index (χ0) is 11.5. The molecule has 1 heterocycles. The molecule has 0 bridgehead atoms. The highest BCUT2D eigenvalue weighted by atomic mass is 16.5. The maximum Gasteiger partial charge on any atom is 0.231 e. The summed E-state index contributed by atoms with van der Waals surface area (Å²) in [5, 5.41) is 8.79. The molecule has 0 saturated carbocycles. The molecule has 0 fully saturated rings. The molecule has 0 unspecified atom stereocenters. The summed E-state index contributed by atoms with van der Waals surface area (Å²) in [7, 11) is 1.61. The Bertz CT molecular complexity index is 403. The minimum absolute atomic E-state index is 0.0942. The lowest BCUT2D eigenvalue weighted by Gasteiger charge is -2.16. The van der Waals surface area contributed by atoms with Gasteiger partial charge in [0.2, 0.25) is 5.91 Å². The molecule has 1 amide bonds. The lowest BCUT2D eigenvalue weighted by Crippen LogP contribution is -2.28. The minimum Gasteiger partial charge on any atom is -0.497 e. The summed E-state index contributed by atoms with van der Waals surface area (Å²) in [5.41, 5.74) is 1.95. The monoisotopic (exact) mass is 221 g/mol. The molecular weight excluding hydrogens is 206 g/mol. The number of hydrogen-bond donors (Lipinski definition) is 1. The van der Waals surface area contributed by atoms with Gasteiger partial charge in [0.25, 0.3) is 0 Å². The van der Waals surface area contributed by atoms with Crippen LogP contribution < -0.4 is 9.64 Å². The molecule has 1 aromatic carbocycles. The molecule has 4 nitrogen and oxygen atoms in total. The molecule has 0 atom stereocenters. The molecule has 0 aromatic heterocycles. The van der Waals surface area contributed by atoms with Crippen LogP contribution in [-0.4, -0.2) is 31.3 Å². The number of aliphatic hydroxyl groups is 1. The van der Waals surface area contributed by atoms with Gasteiger partial charge >= 0.3 is 0 Å².